The summed E-state index contributed by atoms with van der Waals surface area (Å²) in [7, 11) is 0. The van der Waals surface area contributed by atoms with Gasteiger partial charge in [0, 0.05) is 18.2 Å². The summed E-state index contributed by atoms with van der Waals surface area (Å²) in [5, 5.41) is 11.8. The third kappa shape index (κ3) is 3.28. The highest BCUT2D eigenvalue weighted by atomic mass is 32.2. The number of nitrogens with zero attached hydrogens (tertiary/aromatic N) is 2. The van der Waals surface area contributed by atoms with Crippen LogP contribution in [0.15, 0.2) is 22.8 Å². The zero-order valence-corrected chi connectivity index (χ0v) is 10.8. The topological polar surface area (TPSA) is 69.3 Å². The SMILES string of the molecule is N#CCCN(Cc1ccco1)C(=O)C1CSCN1. The van der Waals surface area contributed by atoms with Crippen LogP contribution in [0.2, 0.25) is 0 Å². The van der Waals surface area contributed by atoms with Gasteiger partial charge >= 0.3 is 0 Å². The first-order valence-electron chi connectivity index (χ1n) is 5.80. The highest BCUT2D eigenvalue weighted by Crippen LogP contribution is 2.14. The first kappa shape index (κ1) is 13.0. The number of hydrogen-bond donors (Lipinski definition) is 1. The second-order valence-electron chi connectivity index (χ2n) is 4.02. The molecular weight excluding hydrogens is 250 g/mol. The smallest absolute Gasteiger partial charge is 0.241 e. The van der Waals surface area contributed by atoms with Crippen LogP contribution in [0.5, 0.6) is 0 Å². The van der Waals surface area contributed by atoms with Gasteiger partial charge in [-0.3, -0.25) is 10.1 Å². The third-order valence-corrected chi connectivity index (χ3v) is 3.69. The van der Waals surface area contributed by atoms with E-state index in [9.17, 15) is 4.79 Å². The van der Waals surface area contributed by atoms with E-state index >= 15 is 0 Å². The van der Waals surface area contributed by atoms with Gasteiger partial charge in [-0.1, -0.05) is 0 Å². The van der Waals surface area contributed by atoms with Gasteiger partial charge in [0.15, 0.2) is 0 Å². The molecule has 1 aliphatic rings. The predicted octanol–water partition coefficient (Wildman–Crippen LogP) is 1.18. The molecule has 1 atom stereocenters. The monoisotopic (exact) mass is 265 g/mol. The van der Waals surface area contributed by atoms with Gasteiger partial charge in [-0.2, -0.15) is 5.26 Å². The maximum atomic E-state index is 12.3. The van der Waals surface area contributed by atoms with E-state index in [1.807, 2.05) is 6.07 Å². The molecule has 1 aromatic heterocycles. The minimum Gasteiger partial charge on any atom is -0.467 e. The molecule has 1 unspecified atom stereocenters. The van der Waals surface area contributed by atoms with Gasteiger partial charge in [-0.05, 0) is 12.1 Å². The normalized spacial score (nSPS) is 18.5. The number of rotatable bonds is 5. The van der Waals surface area contributed by atoms with Crippen LogP contribution >= 0.6 is 11.8 Å². The number of thioether (sulfide) groups is 1. The summed E-state index contributed by atoms with van der Waals surface area (Å²) in [4.78, 5) is 14.0. The van der Waals surface area contributed by atoms with Crippen molar-refractivity contribution in [3.8, 4) is 6.07 Å². The van der Waals surface area contributed by atoms with Crippen molar-refractivity contribution in [3.63, 3.8) is 0 Å². The molecule has 0 spiro atoms. The average Bonchev–Trinajstić information content (AvgIpc) is 3.06. The number of furan rings is 1. The van der Waals surface area contributed by atoms with Crippen molar-refractivity contribution in [1.29, 1.82) is 5.26 Å². The first-order valence-corrected chi connectivity index (χ1v) is 6.96. The summed E-state index contributed by atoms with van der Waals surface area (Å²) in [6.07, 6.45) is 1.93. The van der Waals surface area contributed by atoms with Crippen LogP contribution in [-0.4, -0.2) is 35.0 Å². The highest BCUT2D eigenvalue weighted by molar-refractivity contribution is 7.99. The highest BCUT2D eigenvalue weighted by Gasteiger charge is 2.27. The zero-order valence-electron chi connectivity index (χ0n) is 9.96. The molecule has 0 saturated carbocycles. The predicted molar refractivity (Wildman–Crippen MR) is 68.6 cm³/mol. The number of nitriles is 1. The molecule has 1 aromatic rings. The molecule has 6 heteroatoms. The Morgan fingerprint density at radius 3 is 3.22 bits per heavy atom. The standard InChI is InChI=1S/C12H15N3O2S/c13-4-2-5-15(7-10-3-1-6-17-10)12(16)11-8-18-9-14-11/h1,3,6,11,14H,2,5,7-9H2. The Morgan fingerprint density at radius 2 is 2.61 bits per heavy atom. The minimum absolute atomic E-state index is 0.0478. The number of carbonyl (C=O) groups excluding carboxylic acids is 1. The Bertz CT molecular complexity index is 421. The molecule has 2 heterocycles. The van der Waals surface area contributed by atoms with E-state index in [4.69, 9.17) is 9.68 Å². The van der Waals surface area contributed by atoms with Crippen molar-refractivity contribution in [2.75, 3.05) is 18.2 Å². The molecular formula is C12H15N3O2S. The van der Waals surface area contributed by atoms with E-state index in [0.717, 1.165) is 17.4 Å². The summed E-state index contributed by atoms with van der Waals surface area (Å²) in [5.41, 5.74) is 0. The lowest BCUT2D eigenvalue weighted by Gasteiger charge is -2.23. The molecule has 1 amide bonds. The number of amides is 1. The average molecular weight is 265 g/mol. The Kier molecular flexibility index (Phi) is 4.67. The van der Waals surface area contributed by atoms with Gasteiger partial charge in [0.05, 0.1) is 31.3 Å². The van der Waals surface area contributed by atoms with Crippen molar-refractivity contribution in [2.45, 2.75) is 19.0 Å². The van der Waals surface area contributed by atoms with Gasteiger partial charge in [0.2, 0.25) is 5.91 Å². The van der Waals surface area contributed by atoms with Gasteiger partial charge in [0.1, 0.15) is 5.76 Å². The van der Waals surface area contributed by atoms with E-state index in [2.05, 4.69) is 11.4 Å². The lowest BCUT2D eigenvalue weighted by molar-refractivity contribution is -0.133. The summed E-state index contributed by atoms with van der Waals surface area (Å²) < 4.78 is 5.25. The van der Waals surface area contributed by atoms with Crippen LogP contribution in [0, 0.1) is 11.3 Å². The van der Waals surface area contributed by atoms with Crippen LogP contribution in [0.3, 0.4) is 0 Å². The molecule has 1 saturated heterocycles. The van der Waals surface area contributed by atoms with Crippen molar-refractivity contribution in [2.24, 2.45) is 0 Å². The Balaban J connectivity index is 1.99. The zero-order chi connectivity index (χ0) is 12.8. The van der Waals surface area contributed by atoms with Gasteiger partial charge < -0.3 is 9.32 Å². The molecule has 2 rings (SSSR count). The summed E-state index contributed by atoms with van der Waals surface area (Å²) in [5.74, 6) is 2.39. The fraction of sp³-hybridized carbons (Fsp3) is 0.500. The molecule has 1 N–H and O–H groups in total. The molecule has 0 aliphatic carbocycles. The van der Waals surface area contributed by atoms with E-state index in [0.29, 0.717) is 19.5 Å². The lowest BCUT2D eigenvalue weighted by Crippen LogP contribution is -2.44. The Hall–Kier alpha value is -1.45. The van der Waals surface area contributed by atoms with Crippen LogP contribution in [0.1, 0.15) is 12.2 Å². The van der Waals surface area contributed by atoms with Crippen LogP contribution in [-0.2, 0) is 11.3 Å². The fourth-order valence-corrected chi connectivity index (χ4v) is 2.75. The van der Waals surface area contributed by atoms with Gasteiger partial charge in [-0.15, -0.1) is 11.8 Å². The quantitative estimate of drug-likeness (QED) is 0.866. The second kappa shape index (κ2) is 6.47. The summed E-state index contributed by atoms with van der Waals surface area (Å²) in [6.45, 7) is 0.870. The van der Waals surface area contributed by atoms with Crippen molar-refractivity contribution < 1.29 is 9.21 Å². The molecule has 1 fully saturated rings. The minimum atomic E-state index is -0.136. The fourth-order valence-electron chi connectivity index (χ4n) is 1.82. The van der Waals surface area contributed by atoms with Crippen molar-refractivity contribution in [3.05, 3.63) is 24.2 Å². The maximum Gasteiger partial charge on any atom is 0.241 e. The third-order valence-electron chi connectivity index (χ3n) is 2.75. The van der Waals surface area contributed by atoms with E-state index < -0.39 is 0 Å². The number of hydrogen-bond acceptors (Lipinski definition) is 5. The Labute approximate surface area is 110 Å². The van der Waals surface area contributed by atoms with Crippen molar-refractivity contribution in [1.82, 2.24) is 10.2 Å². The van der Waals surface area contributed by atoms with E-state index in [1.54, 1.807) is 29.0 Å². The molecule has 0 radical (unpaired) electrons. The molecule has 18 heavy (non-hydrogen) atoms. The van der Waals surface area contributed by atoms with Crippen LogP contribution in [0.4, 0.5) is 0 Å². The largest absolute Gasteiger partial charge is 0.467 e. The van der Waals surface area contributed by atoms with Crippen LogP contribution < -0.4 is 5.32 Å². The van der Waals surface area contributed by atoms with E-state index in [1.165, 1.54) is 0 Å². The molecule has 1 aliphatic heterocycles. The van der Waals surface area contributed by atoms with Gasteiger partial charge in [-0.25, -0.2) is 0 Å². The van der Waals surface area contributed by atoms with E-state index in [-0.39, 0.29) is 11.9 Å². The lowest BCUT2D eigenvalue weighted by atomic mass is 10.2. The first-order chi connectivity index (χ1) is 8.81. The number of nitrogens with one attached hydrogen (secondary N) is 1. The van der Waals surface area contributed by atoms with Gasteiger partial charge in [0.25, 0.3) is 0 Å². The summed E-state index contributed by atoms with van der Waals surface area (Å²) in [6, 6.07) is 5.57. The Morgan fingerprint density at radius 1 is 1.72 bits per heavy atom. The molecule has 5 nitrogen and oxygen atoms in total. The molecule has 96 valence electrons. The second-order valence-corrected chi connectivity index (χ2v) is 5.05. The molecule has 0 aromatic carbocycles. The summed E-state index contributed by atoms with van der Waals surface area (Å²) >= 11 is 1.71. The maximum absolute atomic E-state index is 12.3. The number of carbonyl (C=O) groups is 1. The van der Waals surface area contributed by atoms with Crippen molar-refractivity contribution >= 4 is 17.7 Å². The van der Waals surface area contributed by atoms with Crippen LogP contribution in [0.25, 0.3) is 0 Å². The molecule has 0 bridgehead atoms.